The van der Waals surface area contributed by atoms with Crippen LogP contribution in [0.25, 0.3) is 5.65 Å². The number of aryl methyl sites for hydroxylation is 2. The van der Waals surface area contributed by atoms with Crippen LogP contribution >= 0.6 is 11.3 Å². The lowest BCUT2D eigenvalue weighted by atomic mass is 9.97. The van der Waals surface area contributed by atoms with Crippen molar-refractivity contribution in [1.82, 2.24) is 35.0 Å². The van der Waals surface area contributed by atoms with Crippen LogP contribution in [0.4, 0.5) is 0 Å². The maximum Gasteiger partial charge on any atom is 0.276 e. The van der Waals surface area contributed by atoms with Gasteiger partial charge in [-0.1, -0.05) is 12.1 Å². The maximum absolute atomic E-state index is 13.1. The highest BCUT2D eigenvalue weighted by Gasteiger charge is 2.29. The molecule has 1 N–H and O–H groups in total. The van der Waals surface area contributed by atoms with Gasteiger partial charge in [-0.3, -0.25) is 9.59 Å². The normalized spacial score (nSPS) is 14.2. The van der Waals surface area contributed by atoms with E-state index in [-0.39, 0.29) is 17.7 Å². The van der Waals surface area contributed by atoms with Crippen molar-refractivity contribution in [2.45, 2.75) is 39.2 Å². The first-order valence-corrected chi connectivity index (χ1v) is 12.7. The van der Waals surface area contributed by atoms with Crippen molar-refractivity contribution in [3.63, 3.8) is 0 Å². The third-order valence-electron chi connectivity index (χ3n) is 6.43. The average molecular weight is 506 g/mol. The predicted molar refractivity (Wildman–Crippen MR) is 134 cm³/mol. The topological polar surface area (TPSA) is 115 Å². The Balaban J connectivity index is 1.17. The highest BCUT2D eigenvalue weighted by atomic mass is 32.1. The van der Waals surface area contributed by atoms with Gasteiger partial charge in [-0.2, -0.15) is 5.10 Å². The van der Waals surface area contributed by atoms with Crippen molar-refractivity contribution in [2.75, 3.05) is 20.2 Å². The number of aromatic nitrogens is 5. The van der Waals surface area contributed by atoms with E-state index in [9.17, 15) is 9.59 Å². The largest absolute Gasteiger partial charge is 0.497 e. The minimum absolute atomic E-state index is 0.133. The van der Waals surface area contributed by atoms with E-state index in [1.807, 2.05) is 49.1 Å². The summed E-state index contributed by atoms with van der Waals surface area (Å²) >= 11 is 1.50. The molecule has 1 saturated heterocycles. The molecule has 186 valence electrons. The second-order valence-corrected chi connectivity index (χ2v) is 9.75. The molecule has 0 atom stereocenters. The molecule has 10 nitrogen and oxygen atoms in total. The van der Waals surface area contributed by atoms with E-state index in [0.717, 1.165) is 34.9 Å². The number of methoxy groups -OCH3 is 1. The SMILES string of the molecule is COc1ccc(CNC(=O)c2csc(C3CCN(C(=O)c4nnc5cc(C)nn5c4C)CC3)n2)cc1. The zero-order valence-electron chi connectivity index (χ0n) is 20.4. The second-order valence-electron chi connectivity index (χ2n) is 8.86. The van der Waals surface area contributed by atoms with Gasteiger partial charge in [0.1, 0.15) is 11.4 Å². The molecular formula is C25H27N7O3S. The zero-order valence-corrected chi connectivity index (χ0v) is 21.2. The van der Waals surface area contributed by atoms with Crippen molar-refractivity contribution in [2.24, 2.45) is 0 Å². The summed E-state index contributed by atoms with van der Waals surface area (Å²) in [5, 5.41) is 18.4. The Bertz CT molecular complexity index is 1410. The fourth-order valence-corrected chi connectivity index (χ4v) is 5.32. The lowest BCUT2D eigenvalue weighted by molar-refractivity contribution is 0.0704. The summed E-state index contributed by atoms with van der Waals surface area (Å²) in [6.45, 7) is 5.33. The Hall–Kier alpha value is -3.86. The third-order valence-corrected chi connectivity index (χ3v) is 7.43. The summed E-state index contributed by atoms with van der Waals surface area (Å²) in [5.74, 6) is 0.662. The van der Waals surface area contributed by atoms with Crippen molar-refractivity contribution in [3.8, 4) is 5.75 Å². The smallest absolute Gasteiger partial charge is 0.276 e. The predicted octanol–water partition coefficient (Wildman–Crippen LogP) is 3.16. The molecule has 11 heteroatoms. The fourth-order valence-electron chi connectivity index (χ4n) is 4.35. The van der Waals surface area contributed by atoms with E-state index in [1.165, 1.54) is 11.3 Å². The molecule has 1 fully saturated rings. The minimum atomic E-state index is -0.195. The van der Waals surface area contributed by atoms with E-state index in [4.69, 9.17) is 4.74 Å². The molecule has 0 aliphatic carbocycles. The number of rotatable bonds is 6. The first-order valence-electron chi connectivity index (χ1n) is 11.8. The Kier molecular flexibility index (Phi) is 6.64. The van der Waals surface area contributed by atoms with Gasteiger partial charge in [-0.15, -0.1) is 21.5 Å². The molecule has 0 radical (unpaired) electrons. The highest BCUT2D eigenvalue weighted by Crippen LogP contribution is 2.31. The van der Waals surface area contributed by atoms with Crippen molar-refractivity contribution in [1.29, 1.82) is 0 Å². The van der Waals surface area contributed by atoms with Crippen molar-refractivity contribution >= 4 is 28.8 Å². The van der Waals surface area contributed by atoms with Crippen LogP contribution in [-0.2, 0) is 6.54 Å². The van der Waals surface area contributed by atoms with Crippen LogP contribution in [0, 0.1) is 13.8 Å². The van der Waals surface area contributed by atoms with Crippen LogP contribution in [0.3, 0.4) is 0 Å². The number of likely N-dealkylation sites (tertiary alicyclic amines) is 1. The van der Waals surface area contributed by atoms with E-state index < -0.39 is 0 Å². The van der Waals surface area contributed by atoms with E-state index >= 15 is 0 Å². The van der Waals surface area contributed by atoms with Gasteiger partial charge in [0.05, 0.1) is 23.5 Å². The molecule has 3 aromatic heterocycles. The molecule has 0 saturated carbocycles. The molecule has 1 aromatic carbocycles. The van der Waals surface area contributed by atoms with Crippen LogP contribution in [-0.4, -0.2) is 61.7 Å². The molecule has 2 amide bonds. The molecule has 0 unspecified atom stereocenters. The van der Waals surface area contributed by atoms with Gasteiger partial charge < -0.3 is 15.0 Å². The highest BCUT2D eigenvalue weighted by molar-refractivity contribution is 7.09. The van der Waals surface area contributed by atoms with Gasteiger partial charge in [-0.25, -0.2) is 9.50 Å². The number of carbonyl (C=O) groups excluding carboxylic acids is 2. The van der Waals surface area contributed by atoms with Crippen LogP contribution in [0.5, 0.6) is 5.75 Å². The number of piperidine rings is 1. The summed E-state index contributed by atoms with van der Waals surface area (Å²) in [4.78, 5) is 32.2. The summed E-state index contributed by atoms with van der Waals surface area (Å²) < 4.78 is 6.83. The number of amides is 2. The number of hydrogen-bond donors (Lipinski definition) is 1. The molecule has 4 aromatic rings. The summed E-state index contributed by atoms with van der Waals surface area (Å²) in [7, 11) is 1.62. The van der Waals surface area contributed by atoms with E-state index in [0.29, 0.717) is 42.4 Å². The average Bonchev–Trinajstić information content (AvgIpc) is 3.55. The number of hydrogen-bond acceptors (Lipinski definition) is 8. The Morgan fingerprint density at radius 2 is 1.89 bits per heavy atom. The maximum atomic E-state index is 13.1. The first kappa shape index (κ1) is 23.9. The van der Waals surface area contributed by atoms with Crippen molar-refractivity contribution < 1.29 is 14.3 Å². The number of carbonyl (C=O) groups is 2. The molecule has 1 aliphatic rings. The molecule has 5 rings (SSSR count). The van der Waals surface area contributed by atoms with E-state index in [1.54, 1.807) is 17.0 Å². The quantitative estimate of drug-likeness (QED) is 0.428. The summed E-state index contributed by atoms with van der Waals surface area (Å²) in [6, 6.07) is 9.40. The molecule has 4 heterocycles. The lowest BCUT2D eigenvalue weighted by Crippen LogP contribution is -2.39. The van der Waals surface area contributed by atoms with E-state index in [2.05, 4.69) is 25.6 Å². The van der Waals surface area contributed by atoms with Gasteiger partial charge in [0.2, 0.25) is 0 Å². The van der Waals surface area contributed by atoms with Crippen LogP contribution in [0.2, 0.25) is 0 Å². The number of nitrogens with zero attached hydrogens (tertiary/aromatic N) is 6. The fraction of sp³-hybridized carbons (Fsp3) is 0.360. The van der Waals surface area contributed by atoms with Gasteiger partial charge in [0.15, 0.2) is 11.3 Å². The molecule has 1 aliphatic heterocycles. The number of fused-ring (bicyclic) bond motifs is 1. The van der Waals surface area contributed by atoms with Crippen LogP contribution in [0.15, 0.2) is 35.7 Å². The summed E-state index contributed by atoms with van der Waals surface area (Å²) in [5.41, 5.74) is 3.89. The van der Waals surface area contributed by atoms with Crippen LogP contribution in [0.1, 0.15) is 61.7 Å². The molecule has 0 spiro atoms. The number of thiazole rings is 1. The molecule has 36 heavy (non-hydrogen) atoms. The Morgan fingerprint density at radius 1 is 1.14 bits per heavy atom. The van der Waals surface area contributed by atoms with Gasteiger partial charge >= 0.3 is 0 Å². The molecular weight excluding hydrogens is 478 g/mol. The molecule has 0 bridgehead atoms. The lowest BCUT2D eigenvalue weighted by Gasteiger charge is -2.31. The summed E-state index contributed by atoms with van der Waals surface area (Å²) in [6.07, 6.45) is 1.56. The standard InChI is InChI=1S/C25H27N7O3S/c1-15-12-21-28-29-22(16(2)32(21)30-15)25(34)31-10-8-18(9-11-31)24-27-20(14-36-24)23(33)26-13-17-4-6-19(35-3)7-5-17/h4-7,12,14,18H,8-11,13H2,1-3H3,(H,26,33). The van der Waals surface area contributed by atoms with Gasteiger partial charge in [0.25, 0.3) is 11.8 Å². The first-order chi connectivity index (χ1) is 17.4. The minimum Gasteiger partial charge on any atom is -0.497 e. The monoisotopic (exact) mass is 505 g/mol. The third kappa shape index (κ3) is 4.78. The zero-order chi connectivity index (χ0) is 25.2. The number of benzene rings is 1. The van der Waals surface area contributed by atoms with Gasteiger partial charge in [0, 0.05) is 37.0 Å². The number of nitrogens with one attached hydrogen (secondary N) is 1. The Labute approximate surface area is 212 Å². The Morgan fingerprint density at radius 3 is 2.61 bits per heavy atom. The second kappa shape index (κ2) is 10.0. The van der Waals surface area contributed by atoms with Gasteiger partial charge in [-0.05, 0) is 44.4 Å². The van der Waals surface area contributed by atoms with Crippen molar-refractivity contribution in [3.05, 3.63) is 69.1 Å². The van der Waals surface area contributed by atoms with Crippen LogP contribution < -0.4 is 10.1 Å². The number of ether oxygens (including phenoxy) is 1.